The van der Waals surface area contributed by atoms with Crippen LogP contribution in [0.1, 0.15) is 17.5 Å². The Hall–Kier alpha value is -1.49. The summed E-state index contributed by atoms with van der Waals surface area (Å²) in [4.78, 5) is 11.9. The van der Waals surface area contributed by atoms with Crippen LogP contribution in [0, 0.1) is 0 Å². The molecular formula is C12H13F2NO2. The summed E-state index contributed by atoms with van der Waals surface area (Å²) in [5.41, 5.74) is 2.08. The van der Waals surface area contributed by atoms with Gasteiger partial charge in [0.25, 0.3) is 5.92 Å². The van der Waals surface area contributed by atoms with E-state index < -0.39 is 24.9 Å². The molecule has 1 aromatic rings. The molecule has 2 rings (SSSR count). The Morgan fingerprint density at radius 2 is 1.82 bits per heavy atom. The molecule has 0 radical (unpaired) electrons. The monoisotopic (exact) mass is 241 g/mol. The molecule has 0 unspecified atom stereocenters. The van der Waals surface area contributed by atoms with Crippen LogP contribution in [0.15, 0.2) is 24.3 Å². The van der Waals surface area contributed by atoms with Crippen LogP contribution < -0.4 is 0 Å². The van der Waals surface area contributed by atoms with E-state index in [0.29, 0.717) is 13.1 Å². The number of hydrogen-bond donors (Lipinski definition) is 1. The van der Waals surface area contributed by atoms with Gasteiger partial charge in [0.2, 0.25) is 0 Å². The van der Waals surface area contributed by atoms with E-state index in [1.54, 1.807) is 4.90 Å². The highest BCUT2D eigenvalue weighted by atomic mass is 19.3. The van der Waals surface area contributed by atoms with Crippen molar-refractivity contribution in [1.29, 1.82) is 0 Å². The van der Waals surface area contributed by atoms with Crippen LogP contribution >= 0.6 is 0 Å². The highest BCUT2D eigenvalue weighted by Crippen LogP contribution is 2.27. The van der Waals surface area contributed by atoms with Crippen molar-refractivity contribution < 1.29 is 18.7 Å². The Morgan fingerprint density at radius 1 is 1.29 bits per heavy atom. The summed E-state index contributed by atoms with van der Waals surface area (Å²) in [6, 6.07) is 7.56. The molecule has 0 saturated carbocycles. The Morgan fingerprint density at radius 3 is 2.29 bits per heavy atom. The molecule has 5 heteroatoms. The highest BCUT2D eigenvalue weighted by Gasteiger charge is 2.36. The number of hydrogen-bond acceptors (Lipinski definition) is 2. The molecule has 0 aromatic heterocycles. The van der Waals surface area contributed by atoms with Crippen molar-refractivity contribution in [3.05, 3.63) is 35.4 Å². The quantitative estimate of drug-likeness (QED) is 0.877. The number of nitrogens with zero attached hydrogens (tertiary/aromatic N) is 1. The molecule has 0 saturated heterocycles. The van der Waals surface area contributed by atoms with E-state index in [1.807, 2.05) is 24.3 Å². The second kappa shape index (κ2) is 4.41. The van der Waals surface area contributed by atoms with Crippen molar-refractivity contribution in [2.75, 3.05) is 6.54 Å². The zero-order chi connectivity index (χ0) is 12.5. The van der Waals surface area contributed by atoms with Crippen molar-refractivity contribution in [1.82, 2.24) is 4.90 Å². The predicted molar refractivity (Wildman–Crippen MR) is 57.8 cm³/mol. The van der Waals surface area contributed by atoms with E-state index in [1.165, 1.54) is 0 Å². The Kier molecular flexibility index (Phi) is 3.11. The van der Waals surface area contributed by atoms with Crippen molar-refractivity contribution in [2.45, 2.75) is 25.4 Å². The fraction of sp³-hybridized carbons (Fsp3) is 0.417. The Labute approximate surface area is 97.7 Å². The van der Waals surface area contributed by atoms with E-state index >= 15 is 0 Å². The van der Waals surface area contributed by atoms with Crippen LogP contribution in [0.5, 0.6) is 0 Å². The smallest absolute Gasteiger partial charge is 0.309 e. The molecule has 0 aliphatic carbocycles. The van der Waals surface area contributed by atoms with Gasteiger partial charge in [-0.1, -0.05) is 24.3 Å². The lowest BCUT2D eigenvalue weighted by Gasteiger charge is -2.21. The van der Waals surface area contributed by atoms with E-state index in [4.69, 9.17) is 5.11 Å². The van der Waals surface area contributed by atoms with Gasteiger partial charge in [-0.2, -0.15) is 0 Å². The van der Waals surface area contributed by atoms with E-state index in [9.17, 15) is 13.6 Å². The third-order valence-electron chi connectivity index (χ3n) is 2.77. The molecule has 1 aliphatic heterocycles. The largest absolute Gasteiger partial charge is 0.481 e. The molecule has 92 valence electrons. The normalized spacial score (nSPS) is 15.9. The lowest BCUT2D eigenvalue weighted by molar-refractivity contribution is -0.146. The van der Waals surface area contributed by atoms with Crippen LogP contribution in [0.4, 0.5) is 8.78 Å². The van der Waals surface area contributed by atoms with Crippen LogP contribution in [-0.4, -0.2) is 28.4 Å². The Balaban J connectivity index is 1.98. The fourth-order valence-corrected chi connectivity index (χ4v) is 2.12. The summed E-state index contributed by atoms with van der Waals surface area (Å²) in [6.07, 6.45) is -1.11. The SMILES string of the molecule is O=C(O)CC(F)(F)CN1Cc2ccccc2C1. The molecule has 0 spiro atoms. The lowest BCUT2D eigenvalue weighted by Crippen LogP contribution is -2.35. The summed E-state index contributed by atoms with van der Waals surface area (Å²) < 4.78 is 26.7. The van der Waals surface area contributed by atoms with Gasteiger partial charge in [-0.15, -0.1) is 0 Å². The zero-order valence-electron chi connectivity index (χ0n) is 9.20. The van der Waals surface area contributed by atoms with E-state index in [-0.39, 0.29) is 0 Å². The van der Waals surface area contributed by atoms with Crippen molar-refractivity contribution >= 4 is 5.97 Å². The number of rotatable bonds is 4. The molecule has 1 aliphatic rings. The molecule has 1 heterocycles. The fourth-order valence-electron chi connectivity index (χ4n) is 2.12. The third-order valence-corrected chi connectivity index (χ3v) is 2.77. The van der Waals surface area contributed by atoms with Gasteiger partial charge in [-0.05, 0) is 11.1 Å². The average molecular weight is 241 g/mol. The molecule has 0 amide bonds. The highest BCUT2D eigenvalue weighted by molar-refractivity contribution is 5.67. The molecule has 17 heavy (non-hydrogen) atoms. The second-order valence-electron chi connectivity index (χ2n) is 4.34. The number of fused-ring (bicyclic) bond motifs is 1. The lowest BCUT2D eigenvalue weighted by atomic mass is 10.1. The number of alkyl halides is 2. The molecule has 1 aromatic carbocycles. The van der Waals surface area contributed by atoms with E-state index in [0.717, 1.165) is 11.1 Å². The summed E-state index contributed by atoms with van der Waals surface area (Å²) in [7, 11) is 0. The summed E-state index contributed by atoms with van der Waals surface area (Å²) in [6.45, 7) is 0.421. The number of carboxylic acid groups (broad SMARTS) is 1. The number of halogens is 2. The number of benzene rings is 1. The van der Waals surface area contributed by atoms with Crippen LogP contribution in [-0.2, 0) is 17.9 Å². The summed E-state index contributed by atoms with van der Waals surface area (Å²) in [5, 5.41) is 8.40. The van der Waals surface area contributed by atoms with Gasteiger partial charge in [0.05, 0.1) is 6.54 Å². The van der Waals surface area contributed by atoms with Crippen LogP contribution in [0.25, 0.3) is 0 Å². The molecule has 0 bridgehead atoms. The van der Waals surface area contributed by atoms with Gasteiger partial charge in [-0.25, -0.2) is 8.78 Å². The second-order valence-corrected chi connectivity index (χ2v) is 4.34. The van der Waals surface area contributed by atoms with Crippen molar-refractivity contribution in [3.63, 3.8) is 0 Å². The predicted octanol–water partition coefficient (Wildman–Crippen LogP) is 2.11. The maximum atomic E-state index is 13.3. The summed E-state index contributed by atoms with van der Waals surface area (Å²) >= 11 is 0. The standard InChI is InChI=1S/C12H13F2NO2/c13-12(14,5-11(16)17)8-15-6-9-3-1-2-4-10(9)7-15/h1-4H,5-8H2,(H,16,17). The molecule has 0 atom stereocenters. The van der Waals surface area contributed by atoms with Gasteiger partial charge in [0.1, 0.15) is 6.42 Å². The first kappa shape index (κ1) is 12.0. The molecule has 0 fully saturated rings. The first-order valence-corrected chi connectivity index (χ1v) is 5.35. The minimum absolute atomic E-state index is 0.464. The van der Waals surface area contributed by atoms with Gasteiger partial charge in [0.15, 0.2) is 0 Å². The molecule has 1 N–H and O–H groups in total. The molecule has 3 nitrogen and oxygen atoms in total. The first-order chi connectivity index (χ1) is 7.96. The topological polar surface area (TPSA) is 40.5 Å². The van der Waals surface area contributed by atoms with Crippen molar-refractivity contribution in [3.8, 4) is 0 Å². The number of carboxylic acids is 1. The van der Waals surface area contributed by atoms with Gasteiger partial charge in [0, 0.05) is 13.1 Å². The minimum atomic E-state index is -3.17. The number of carbonyl (C=O) groups is 1. The van der Waals surface area contributed by atoms with Crippen LogP contribution in [0.2, 0.25) is 0 Å². The molecular weight excluding hydrogens is 228 g/mol. The average Bonchev–Trinajstić information content (AvgIpc) is 2.55. The van der Waals surface area contributed by atoms with Gasteiger partial charge >= 0.3 is 5.97 Å². The van der Waals surface area contributed by atoms with Gasteiger partial charge in [-0.3, -0.25) is 9.69 Å². The maximum Gasteiger partial charge on any atom is 0.309 e. The minimum Gasteiger partial charge on any atom is -0.481 e. The third kappa shape index (κ3) is 3.00. The van der Waals surface area contributed by atoms with Crippen LogP contribution in [0.3, 0.4) is 0 Å². The summed E-state index contributed by atoms with van der Waals surface area (Å²) in [5.74, 6) is -4.64. The Bertz CT molecular complexity index is 409. The van der Waals surface area contributed by atoms with Gasteiger partial charge < -0.3 is 5.11 Å². The maximum absolute atomic E-state index is 13.3. The zero-order valence-corrected chi connectivity index (χ0v) is 9.20. The number of aliphatic carboxylic acids is 1. The van der Waals surface area contributed by atoms with Crippen molar-refractivity contribution in [2.24, 2.45) is 0 Å². The van der Waals surface area contributed by atoms with E-state index in [2.05, 4.69) is 0 Å². The first-order valence-electron chi connectivity index (χ1n) is 5.35.